The first-order valence-electron chi connectivity index (χ1n) is 7.54. The SMILES string of the molecule is Fc1ccccc1CNc1nccc(-n2cnc3ccccc32)n1. The minimum atomic E-state index is -0.248. The maximum absolute atomic E-state index is 13.7. The molecule has 0 aliphatic carbocycles. The molecule has 0 aliphatic rings. The van der Waals surface area contributed by atoms with Crippen molar-refractivity contribution in [3.05, 3.63) is 78.5 Å². The molecule has 1 N–H and O–H groups in total. The Kier molecular flexibility index (Phi) is 3.63. The zero-order valence-corrected chi connectivity index (χ0v) is 12.7. The Morgan fingerprint density at radius 2 is 1.79 bits per heavy atom. The van der Waals surface area contributed by atoms with Crippen LogP contribution in [0.15, 0.2) is 67.1 Å². The number of nitrogens with zero attached hydrogens (tertiary/aromatic N) is 4. The van der Waals surface area contributed by atoms with Crippen LogP contribution in [-0.4, -0.2) is 19.5 Å². The van der Waals surface area contributed by atoms with Gasteiger partial charge >= 0.3 is 0 Å². The van der Waals surface area contributed by atoms with Crippen molar-refractivity contribution in [2.45, 2.75) is 6.54 Å². The van der Waals surface area contributed by atoms with Gasteiger partial charge < -0.3 is 5.32 Å². The molecule has 0 atom stereocenters. The number of halogens is 1. The average Bonchev–Trinajstić information content (AvgIpc) is 3.05. The minimum absolute atomic E-state index is 0.248. The van der Waals surface area contributed by atoms with Gasteiger partial charge in [-0.1, -0.05) is 30.3 Å². The summed E-state index contributed by atoms with van der Waals surface area (Å²) in [6.07, 6.45) is 3.40. The van der Waals surface area contributed by atoms with Crippen LogP contribution in [0.5, 0.6) is 0 Å². The molecule has 0 fully saturated rings. The molecule has 0 unspecified atom stereocenters. The summed E-state index contributed by atoms with van der Waals surface area (Å²) < 4.78 is 15.6. The fourth-order valence-electron chi connectivity index (χ4n) is 2.53. The highest BCUT2D eigenvalue weighted by atomic mass is 19.1. The number of imidazole rings is 1. The average molecular weight is 319 g/mol. The Morgan fingerprint density at radius 1 is 0.958 bits per heavy atom. The molecule has 118 valence electrons. The number of para-hydroxylation sites is 2. The maximum atomic E-state index is 13.7. The monoisotopic (exact) mass is 319 g/mol. The molecule has 6 heteroatoms. The predicted molar refractivity (Wildman–Crippen MR) is 90.4 cm³/mol. The van der Waals surface area contributed by atoms with Gasteiger partial charge in [0, 0.05) is 18.3 Å². The molecule has 2 aromatic carbocycles. The number of benzene rings is 2. The van der Waals surface area contributed by atoms with E-state index in [4.69, 9.17) is 0 Å². The Bertz CT molecular complexity index is 995. The van der Waals surface area contributed by atoms with Crippen LogP contribution in [0.25, 0.3) is 16.9 Å². The van der Waals surface area contributed by atoms with Crippen molar-refractivity contribution in [2.24, 2.45) is 0 Å². The van der Waals surface area contributed by atoms with Crippen LogP contribution in [0.3, 0.4) is 0 Å². The number of aromatic nitrogens is 4. The molecule has 0 saturated heterocycles. The molecule has 0 aliphatic heterocycles. The van der Waals surface area contributed by atoms with E-state index < -0.39 is 0 Å². The molecule has 0 bridgehead atoms. The van der Waals surface area contributed by atoms with Crippen LogP contribution in [0.1, 0.15) is 5.56 Å². The van der Waals surface area contributed by atoms with E-state index in [0.29, 0.717) is 23.9 Å². The van der Waals surface area contributed by atoms with Crippen LogP contribution in [0.4, 0.5) is 10.3 Å². The van der Waals surface area contributed by atoms with E-state index in [1.54, 1.807) is 30.7 Å². The molecule has 0 amide bonds. The topological polar surface area (TPSA) is 55.6 Å². The quantitative estimate of drug-likeness (QED) is 0.625. The highest BCUT2D eigenvalue weighted by Crippen LogP contribution is 2.17. The van der Waals surface area contributed by atoms with Gasteiger partial charge in [-0.25, -0.2) is 14.4 Å². The standard InChI is InChI=1S/C18H14FN5/c19-14-6-2-1-5-13(14)11-21-18-20-10-9-17(23-18)24-12-22-15-7-3-4-8-16(15)24/h1-10,12H,11H2,(H,20,21,23). The van der Waals surface area contributed by atoms with Crippen LogP contribution < -0.4 is 5.32 Å². The van der Waals surface area contributed by atoms with E-state index in [2.05, 4.69) is 20.3 Å². The lowest BCUT2D eigenvalue weighted by Gasteiger charge is -2.08. The molecule has 0 spiro atoms. The molecule has 4 aromatic rings. The molecular weight excluding hydrogens is 305 g/mol. The van der Waals surface area contributed by atoms with Gasteiger partial charge in [-0.15, -0.1) is 0 Å². The van der Waals surface area contributed by atoms with Crippen molar-refractivity contribution < 1.29 is 4.39 Å². The lowest BCUT2D eigenvalue weighted by molar-refractivity contribution is 0.612. The third kappa shape index (κ3) is 2.69. The summed E-state index contributed by atoms with van der Waals surface area (Å²) in [6.45, 7) is 0.320. The van der Waals surface area contributed by atoms with E-state index >= 15 is 0 Å². The normalized spacial score (nSPS) is 10.9. The van der Waals surface area contributed by atoms with Crippen molar-refractivity contribution in [3.8, 4) is 5.82 Å². The van der Waals surface area contributed by atoms with Crippen LogP contribution in [0.2, 0.25) is 0 Å². The zero-order valence-electron chi connectivity index (χ0n) is 12.7. The highest BCUT2D eigenvalue weighted by Gasteiger charge is 2.07. The van der Waals surface area contributed by atoms with E-state index in [0.717, 1.165) is 11.0 Å². The van der Waals surface area contributed by atoms with Crippen molar-refractivity contribution >= 4 is 17.0 Å². The molecule has 2 aromatic heterocycles. The number of rotatable bonds is 4. The number of hydrogen-bond acceptors (Lipinski definition) is 4. The fraction of sp³-hybridized carbons (Fsp3) is 0.0556. The van der Waals surface area contributed by atoms with Gasteiger partial charge in [-0.05, 0) is 24.3 Å². The first kappa shape index (κ1) is 14.3. The summed E-state index contributed by atoms with van der Waals surface area (Å²) in [5, 5.41) is 3.06. The number of nitrogens with one attached hydrogen (secondary N) is 1. The summed E-state index contributed by atoms with van der Waals surface area (Å²) in [6, 6.07) is 16.3. The second-order valence-corrected chi connectivity index (χ2v) is 5.29. The molecule has 0 saturated carbocycles. The first-order chi connectivity index (χ1) is 11.8. The Balaban J connectivity index is 1.61. The molecular formula is C18H14FN5. The van der Waals surface area contributed by atoms with Gasteiger partial charge in [0.05, 0.1) is 11.0 Å². The van der Waals surface area contributed by atoms with E-state index in [9.17, 15) is 4.39 Å². The third-order valence-electron chi connectivity index (χ3n) is 3.74. The van der Waals surface area contributed by atoms with Crippen molar-refractivity contribution in [1.29, 1.82) is 0 Å². The van der Waals surface area contributed by atoms with E-state index in [-0.39, 0.29) is 5.82 Å². The summed E-state index contributed by atoms with van der Waals surface area (Å²) >= 11 is 0. The fourth-order valence-corrected chi connectivity index (χ4v) is 2.53. The maximum Gasteiger partial charge on any atom is 0.224 e. The Hall–Kier alpha value is -3.28. The molecule has 24 heavy (non-hydrogen) atoms. The molecule has 5 nitrogen and oxygen atoms in total. The number of fused-ring (bicyclic) bond motifs is 1. The second kappa shape index (κ2) is 6.08. The van der Waals surface area contributed by atoms with Crippen molar-refractivity contribution in [3.63, 3.8) is 0 Å². The molecule has 2 heterocycles. The summed E-state index contributed by atoms with van der Waals surface area (Å²) in [5.74, 6) is 0.894. The van der Waals surface area contributed by atoms with E-state index in [1.807, 2.05) is 34.9 Å². The summed E-state index contributed by atoms with van der Waals surface area (Å²) in [4.78, 5) is 13.0. The Labute approximate surface area is 137 Å². The third-order valence-corrected chi connectivity index (χ3v) is 3.74. The van der Waals surface area contributed by atoms with Gasteiger partial charge in [0.15, 0.2) is 0 Å². The second-order valence-electron chi connectivity index (χ2n) is 5.29. The minimum Gasteiger partial charge on any atom is -0.350 e. The van der Waals surface area contributed by atoms with Gasteiger partial charge in [0.1, 0.15) is 18.0 Å². The Morgan fingerprint density at radius 3 is 2.71 bits per heavy atom. The molecule has 4 rings (SSSR count). The van der Waals surface area contributed by atoms with Gasteiger partial charge in [0.2, 0.25) is 5.95 Å². The first-order valence-corrected chi connectivity index (χ1v) is 7.54. The number of anilines is 1. The zero-order chi connectivity index (χ0) is 16.4. The van der Waals surface area contributed by atoms with Crippen LogP contribution >= 0.6 is 0 Å². The number of hydrogen-bond donors (Lipinski definition) is 1. The largest absolute Gasteiger partial charge is 0.350 e. The molecule has 0 radical (unpaired) electrons. The lowest BCUT2D eigenvalue weighted by Crippen LogP contribution is -2.07. The van der Waals surface area contributed by atoms with Crippen LogP contribution in [-0.2, 0) is 6.54 Å². The van der Waals surface area contributed by atoms with Gasteiger partial charge in [0.25, 0.3) is 0 Å². The summed E-state index contributed by atoms with van der Waals surface area (Å²) in [5.41, 5.74) is 2.44. The van der Waals surface area contributed by atoms with E-state index in [1.165, 1.54) is 6.07 Å². The van der Waals surface area contributed by atoms with Crippen molar-refractivity contribution in [2.75, 3.05) is 5.32 Å². The summed E-state index contributed by atoms with van der Waals surface area (Å²) in [7, 11) is 0. The van der Waals surface area contributed by atoms with Gasteiger partial charge in [-0.3, -0.25) is 4.57 Å². The lowest BCUT2D eigenvalue weighted by atomic mass is 10.2. The van der Waals surface area contributed by atoms with Crippen LogP contribution in [0, 0.1) is 5.82 Å². The highest BCUT2D eigenvalue weighted by molar-refractivity contribution is 5.76. The smallest absolute Gasteiger partial charge is 0.224 e. The predicted octanol–water partition coefficient (Wildman–Crippen LogP) is 3.57. The van der Waals surface area contributed by atoms with Crippen molar-refractivity contribution in [1.82, 2.24) is 19.5 Å². The van der Waals surface area contributed by atoms with Gasteiger partial charge in [-0.2, -0.15) is 4.98 Å².